The van der Waals surface area contributed by atoms with Gasteiger partial charge in [0.2, 0.25) is 23.6 Å². The molecular weight excluding hydrogens is 675 g/mol. The van der Waals surface area contributed by atoms with Gasteiger partial charge in [0.1, 0.15) is 34.4 Å². The number of phenols is 2. The van der Waals surface area contributed by atoms with Gasteiger partial charge in [0, 0.05) is 29.7 Å². The van der Waals surface area contributed by atoms with Gasteiger partial charge in [-0.1, -0.05) is 23.3 Å². The summed E-state index contributed by atoms with van der Waals surface area (Å²) in [5.41, 5.74) is -1.21. The molecule has 2 aliphatic heterocycles. The van der Waals surface area contributed by atoms with Crippen LogP contribution in [0.15, 0.2) is 60.2 Å². The highest BCUT2D eigenvalue weighted by Gasteiger charge is 2.68. The molecule has 3 N–H and O–H groups in total. The number of aromatic hydroxyl groups is 2. The number of hydrogen-bond donors (Lipinski definition) is 3. The highest BCUT2D eigenvalue weighted by Crippen LogP contribution is 2.65. The van der Waals surface area contributed by atoms with Gasteiger partial charge in [-0.25, -0.2) is 19.0 Å². The third-order valence-corrected chi connectivity index (χ3v) is 11.0. The Morgan fingerprint density at radius 2 is 1.60 bits per heavy atom. The van der Waals surface area contributed by atoms with Crippen molar-refractivity contribution in [3.8, 4) is 23.0 Å². The van der Waals surface area contributed by atoms with Crippen LogP contribution in [0.2, 0.25) is 5.02 Å². The van der Waals surface area contributed by atoms with Crippen molar-refractivity contribution in [2.24, 2.45) is 29.1 Å². The molecule has 1 saturated carbocycles. The fourth-order valence-electron chi connectivity index (χ4n) is 8.45. The van der Waals surface area contributed by atoms with Gasteiger partial charge in [0.15, 0.2) is 0 Å². The number of benzene rings is 3. The molecule has 3 aromatic carbocycles. The van der Waals surface area contributed by atoms with E-state index in [1.807, 2.05) is 0 Å². The first-order valence-electron chi connectivity index (χ1n) is 15.7. The van der Waals surface area contributed by atoms with E-state index in [4.69, 9.17) is 21.1 Å². The van der Waals surface area contributed by atoms with E-state index in [1.54, 1.807) is 13.0 Å². The molecule has 0 radical (unpaired) electrons. The number of hydrogen-bond acceptors (Lipinski definition) is 9. The molecule has 50 heavy (non-hydrogen) atoms. The molecule has 4 amide bonds. The van der Waals surface area contributed by atoms with Crippen LogP contribution >= 0.6 is 11.6 Å². The fourth-order valence-corrected chi connectivity index (χ4v) is 8.63. The maximum Gasteiger partial charge on any atom is 0.339 e. The summed E-state index contributed by atoms with van der Waals surface area (Å²) in [4.78, 5) is 70.6. The van der Waals surface area contributed by atoms with Crippen molar-refractivity contribution in [3.63, 3.8) is 0 Å². The molecule has 14 heteroatoms. The van der Waals surface area contributed by atoms with Gasteiger partial charge in [-0.2, -0.15) is 0 Å². The van der Waals surface area contributed by atoms with Crippen molar-refractivity contribution >= 4 is 52.6 Å². The van der Waals surface area contributed by atoms with Crippen molar-refractivity contribution in [2.75, 3.05) is 24.0 Å². The minimum Gasteiger partial charge on any atom is -0.507 e. The zero-order chi connectivity index (χ0) is 36.0. The van der Waals surface area contributed by atoms with E-state index in [1.165, 1.54) is 44.6 Å². The summed E-state index contributed by atoms with van der Waals surface area (Å²) >= 11 is 6.06. The number of halogens is 2. The number of fused-ring (bicyclic) bond motifs is 4. The molecule has 3 fully saturated rings. The van der Waals surface area contributed by atoms with E-state index in [2.05, 4.69) is 0 Å². The molecule has 12 nitrogen and oxygen atoms in total. The van der Waals surface area contributed by atoms with E-state index >= 15 is 0 Å². The highest BCUT2D eigenvalue weighted by molar-refractivity contribution is 6.32. The second kappa shape index (κ2) is 11.6. The van der Waals surface area contributed by atoms with Crippen molar-refractivity contribution in [2.45, 2.75) is 25.7 Å². The Bertz CT molecular complexity index is 2080. The molecule has 6 atom stereocenters. The Morgan fingerprint density at radius 1 is 0.900 bits per heavy atom. The number of carbonyl (C=O) groups excluding carboxylic acids is 4. The topological polar surface area (TPSA) is 171 Å². The Balaban J connectivity index is 1.39. The van der Waals surface area contributed by atoms with E-state index in [9.17, 15) is 43.7 Å². The molecular formula is C36H30ClFN2O10. The maximum atomic E-state index is 14.6. The van der Waals surface area contributed by atoms with Crippen LogP contribution in [-0.4, -0.2) is 59.1 Å². The SMILES string of the molecule is COc1cc(O)c([C@H]2C3=CC[C@@H]4C(=O)N(c5ccc(C(=O)O)c(O)c5)C(=O)[C@@H]4[C@@H]3C[C@H]3C(=O)N(c4ccc(F)c(Cl)c4)C(=O)[C@@]23C)c(OC)c1. The number of carboxylic acid groups (broad SMARTS) is 1. The third-order valence-electron chi connectivity index (χ3n) is 10.7. The zero-order valence-electron chi connectivity index (χ0n) is 26.8. The van der Waals surface area contributed by atoms with Crippen LogP contribution < -0.4 is 19.3 Å². The number of methoxy groups -OCH3 is 2. The third kappa shape index (κ3) is 4.52. The van der Waals surface area contributed by atoms with Crippen LogP contribution in [0.25, 0.3) is 0 Å². The van der Waals surface area contributed by atoms with Crippen molar-refractivity contribution in [3.05, 3.63) is 82.1 Å². The molecule has 4 aliphatic rings. The standard InChI is InChI=1S/C36H30ClFN2O10/c1-36-22(32(44)40(35(36)48)15-5-9-24(38)23(37)10-15)14-21-18(30(36)29-26(42)12-17(49-2)13-27(29)50-3)7-8-20-28(21)33(45)39(31(20)43)16-4-6-19(34(46)47)25(41)11-16/h4-7,9-13,20-22,28,30,41-42H,8,14H2,1-3H3,(H,46,47)/t20-,21+,22-,28-,30+,36+/m0/s1. The van der Waals surface area contributed by atoms with Crippen molar-refractivity contribution < 1.29 is 53.2 Å². The van der Waals surface area contributed by atoms with E-state index in [-0.39, 0.29) is 52.1 Å². The number of nitrogens with zero attached hydrogens (tertiary/aromatic N) is 2. The molecule has 0 unspecified atom stereocenters. The van der Waals surface area contributed by atoms with E-state index in [0.717, 1.165) is 28.0 Å². The minimum atomic E-state index is -1.56. The van der Waals surface area contributed by atoms with Crippen LogP contribution in [-0.2, 0) is 19.2 Å². The summed E-state index contributed by atoms with van der Waals surface area (Å²) in [6.07, 6.45) is 1.83. The normalized spacial score (nSPS) is 27.1. The summed E-state index contributed by atoms with van der Waals surface area (Å²) in [6, 6.07) is 9.77. The first kappa shape index (κ1) is 33.1. The van der Waals surface area contributed by atoms with E-state index in [0.29, 0.717) is 5.57 Å². The molecule has 258 valence electrons. The second-order valence-corrected chi connectivity index (χ2v) is 13.4. The van der Waals surface area contributed by atoms with Gasteiger partial charge in [-0.3, -0.25) is 19.2 Å². The predicted molar refractivity (Wildman–Crippen MR) is 175 cm³/mol. The average molecular weight is 705 g/mol. The molecule has 0 spiro atoms. The maximum absolute atomic E-state index is 14.6. The Labute approximate surface area is 289 Å². The second-order valence-electron chi connectivity index (χ2n) is 13.0. The average Bonchev–Trinajstić information content (AvgIpc) is 3.45. The number of anilines is 2. The molecule has 0 aromatic heterocycles. The molecule has 2 heterocycles. The lowest BCUT2D eigenvalue weighted by atomic mass is 9.51. The number of aromatic carboxylic acids is 1. The predicted octanol–water partition coefficient (Wildman–Crippen LogP) is 5.04. The number of phenolic OH excluding ortho intramolecular Hbond substituents is 1. The fraction of sp³-hybridized carbons (Fsp3) is 0.306. The number of carbonyl (C=O) groups is 5. The van der Waals surface area contributed by atoms with Crippen LogP contribution in [0.4, 0.5) is 15.8 Å². The smallest absolute Gasteiger partial charge is 0.339 e. The molecule has 7 rings (SSSR count). The minimum absolute atomic E-state index is 0.0170. The van der Waals surface area contributed by atoms with Gasteiger partial charge in [0.05, 0.1) is 53.8 Å². The van der Waals surface area contributed by atoms with Gasteiger partial charge in [0.25, 0.3) is 0 Å². The lowest BCUT2D eigenvalue weighted by Crippen LogP contribution is -2.49. The van der Waals surface area contributed by atoms with Gasteiger partial charge in [-0.05, 0) is 56.0 Å². The number of imide groups is 2. The Morgan fingerprint density at radius 3 is 2.24 bits per heavy atom. The Kier molecular flexibility index (Phi) is 7.66. The largest absolute Gasteiger partial charge is 0.507 e. The lowest BCUT2D eigenvalue weighted by molar-refractivity contribution is -0.131. The van der Waals surface area contributed by atoms with Crippen LogP contribution in [0.5, 0.6) is 23.0 Å². The zero-order valence-corrected chi connectivity index (χ0v) is 27.6. The van der Waals surface area contributed by atoms with Crippen LogP contribution in [0.3, 0.4) is 0 Å². The van der Waals surface area contributed by atoms with Crippen LogP contribution in [0.1, 0.15) is 41.6 Å². The lowest BCUT2D eigenvalue weighted by Gasteiger charge is -2.49. The summed E-state index contributed by atoms with van der Waals surface area (Å²) in [6.45, 7) is 1.61. The van der Waals surface area contributed by atoms with Gasteiger partial charge >= 0.3 is 5.97 Å². The number of ether oxygens (including phenoxy) is 2. The summed E-state index contributed by atoms with van der Waals surface area (Å²) in [5, 5.41) is 30.9. The monoisotopic (exact) mass is 704 g/mol. The number of carboxylic acids is 1. The van der Waals surface area contributed by atoms with Crippen LogP contribution in [0, 0.1) is 34.9 Å². The first-order chi connectivity index (χ1) is 23.7. The molecule has 3 aromatic rings. The summed E-state index contributed by atoms with van der Waals surface area (Å²) < 4.78 is 25.2. The number of rotatable bonds is 6. The summed E-state index contributed by atoms with van der Waals surface area (Å²) in [5.74, 6) is -9.84. The van der Waals surface area contributed by atoms with Crippen molar-refractivity contribution in [1.82, 2.24) is 0 Å². The molecule has 2 aliphatic carbocycles. The number of allylic oxidation sites excluding steroid dienone is 2. The summed E-state index contributed by atoms with van der Waals surface area (Å²) in [7, 11) is 2.78. The molecule has 0 bridgehead atoms. The van der Waals surface area contributed by atoms with Gasteiger partial charge in [-0.15, -0.1) is 0 Å². The Hall–Kier alpha value is -5.43. The molecule has 2 saturated heterocycles. The van der Waals surface area contributed by atoms with Gasteiger partial charge < -0.3 is 24.8 Å². The van der Waals surface area contributed by atoms with Crippen molar-refractivity contribution in [1.29, 1.82) is 0 Å². The highest BCUT2D eigenvalue weighted by atomic mass is 35.5. The number of amides is 4. The quantitative estimate of drug-likeness (QED) is 0.233. The first-order valence-corrected chi connectivity index (χ1v) is 16.0. The van der Waals surface area contributed by atoms with E-state index < -0.39 is 81.7 Å².